The minimum atomic E-state index is 0.225. The summed E-state index contributed by atoms with van der Waals surface area (Å²) in [6, 6.07) is 9.76. The largest absolute Gasteiger partial charge is 0.342 e. The van der Waals surface area contributed by atoms with Gasteiger partial charge in [-0.1, -0.05) is 54.8 Å². The predicted octanol–water partition coefficient (Wildman–Crippen LogP) is 3.71. The number of aryl methyl sites for hydroxylation is 1. The molecule has 2 aromatic rings. The Hall–Kier alpha value is -2.17. The summed E-state index contributed by atoms with van der Waals surface area (Å²) in [6.07, 6.45) is 7.49. The Bertz CT molecular complexity index is 713. The van der Waals surface area contributed by atoms with Gasteiger partial charge in [0.15, 0.2) is 0 Å². The average Bonchev–Trinajstić information content (AvgIpc) is 3.15. The number of piperidine rings is 1. The van der Waals surface area contributed by atoms with Crippen LogP contribution < -0.4 is 0 Å². The number of carbonyl (C=O) groups excluding carboxylic acids is 1. The third-order valence-electron chi connectivity index (χ3n) is 5.70. The van der Waals surface area contributed by atoms with E-state index >= 15 is 0 Å². The predicted molar refractivity (Wildman–Crippen MR) is 94.7 cm³/mol. The van der Waals surface area contributed by atoms with E-state index in [0.717, 1.165) is 30.5 Å². The zero-order chi connectivity index (χ0) is 17.1. The first kappa shape index (κ1) is 16.3. The molecule has 5 nitrogen and oxygen atoms in total. The van der Waals surface area contributed by atoms with Gasteiger partial charge in [-0.05, 0) is 24.7 Å². The van der Waals surface area contributed by atoms with Crippen molar-refractivity contribution in [2.45, 2.75) is 44.9 Å². The zero-order valence-corrected chi connectivity index (χ0v) is 14.6. The van der Waals surface area contributed by atoms with Crippen LogP contribution in [0.4, 0.5) is 0 Å². The van der Waals surface area contributed by atoms with Crippen LogP contribution in [0.25, 0.3) is 11.4 Å². The van der Waals surface area contributed by atoms with Crippen molar-refractivity contribution in [2.75, 3.05) is 13.1 Å². The second kappa shape index (κ2) is 7.38. The molecule has 4 rings (SSSR count). The number of benzene rings is 1. The highest BCUT2D eigenvalue weighted by Gasteiger charge is 2.32. The van der Waals surface area contributed by atoms with Crippen molar-refractivity contribution >= 4 is 5.91 Å². The number of likely N-dealkylation sites (tertiary alicyclic amines) is 1. The van der Waals surface area contributed by atoms with Gasteiger partial charge in [-0.3, -0.25) is 4.79 Å². The molecule has 0 unspecified atom stereocenters. The number of amides is 1. The van der Waals surface area contributed by atoms with Gasteiger partial charge in [-0.2, -0.15) is 4.98 Å². The number of carbonyl (C=O) groups is 1. The Morgan fingerprint density at radius 1 is 1.12 bits per heavy atom. The lowest BCUT2D eigenvalue weighted by Crippen LogP contribution is -2.44. The number of nitrogens with zero attached hydrogens (tertiary/aromatic N) is 3. The Balaban J connectivity index is 1.31. The molecule has 132 valence electrons. The van der Waals surface area contributed by atoms with E-state index in [1.807, 2.05) is 30.3 Å². The summed E-state index contributed by atoms with van der Waals surface area (Å²) in [6.45, 7) is 1.86. The van der Waals surface area contributed by atoms with Gasteiger partial charge in [-0.15, -0.1) is 0 Å². The molecule has 2 aliphatic rings. The van der Waals surface area contributed by atoms with Crippen molar-refractivity contribution in [3.63, 3.8) is 0 Å². The fourth-order valence-corrected chi connectivity index (χ4v) is 4.26. The van der Waals surface area contributed by atoms with Crippen LogP contribution in [0.3, 0.4) is 0 Å². The van der Waals surface area contributed by atoms with Gasteiger partial charge in [-0.25, -0.2) is 0 Å². The van der Waals surface area contributed by atoms with Gasteiger partial charge in [0, 0.05) is 31.5 Å². The maximum absolute atomic E-state index is 12.6. The van der Waals surface area contributed by atoms with E-state index in [9.17, 15) is 4.79 Å². The van der Waals surface area contributed by atoms with Crippen LogP contribution >= 0.6 is 0 Å². The number of hydrogen-bond donors (Lipinski definition) is 0. The van der Waals surface area contributed by atoms with Crippen LogP contribution in [0.1, 0.15) is 44.4 Å². The maximum atomic E-state index is 12.6. The van der Waals surface area contributed by atoms with Crippen molar-refractivity contribution in [2.24, 2.45) is 11.8 Å². The minimum absolute atomic E-state index is 0.225. The molecule has 0 bridgehead atoms. The topological polar surface area (TPSA) is 59.2 Å². The quantitative estimate of drug-likeness (QED) is 0.852. The van der Waals surface area contributed by atoms with Gasteiger partial charge in [0.25, 0.3) is 0 Å². The number of fused-ring (bicyclic) bond motifs is 1. The standard InChI is InChI=1S/C20H25N3O2/c24-19(23-13-12-15-6-4-5-9-17(15)14-23)11-10-18-21-20(22-25-18)16-7-2-1-3-8-16/h1-3,7-8,15,17H,4-6,9-14H2/t15-,17+/m1/s1. The molecule has 0 N–H and O–H groups in total. The van der Waals surface area contributed by atoms with E-state index in [4.69, 9.17) is 4.52 Å². The molecule has 2 heterocycles. The number of hydrogen-bond acceptors (Lipinski definition) is 4. The van der Waals surface area contributed by atoms with Crippen molar-refractivity contribution in [1.82, 2.24) is 15.0 Å². The lowest BCUT2D eigenvalue weighted by atomic mass is 9.75. The third-order valence-corrected chi connectivity index (χ3v) is 5.70. The summed E-state index contributed by atoms with van der Waals surface area (Å²) in [4.78, 5) is 19.0. The van der Waals surface area contributed by atoms with E-state index in [1.54, 1.807) is 0 Å². The van der Waals surface area contributed by atoms with Crippen LogP contribution in [-0.4, -0.2) is 34.0 Å². The second-order valence-electron chi connectivity index (χ2n) is 7.31. The lowest BCUT2D eigenvalue weighted by Gasteiger charge is -2.41. The van der Waals surface area contributed by atoms with Crippen molar-refractivity contribution in [1.29, 1.82) is 0 Å². The van der Waals surface area contributed by atoms with Gasteiger partial charge in [0.2, 0.25) is 17.6 Å². The molecule has 5 heteroatoms. The van der Waals surface area contributed by atoms with E-state index < -0.39 is 0 Å². The Morgan fingerprint density at radius 2 is 1.92 bits per heavy atom. The molecular formula is C20H25N3O2. The first-order chi connectivity index (χ1) is 12.3. The maximum Gasteiger partial charge on any atom is 0.227 e. The monoisotopic (exact) mass is 339 g/mol. The van der Waals surface area contributed by atoms with E-state index in [-0.39, 0.29) is 5.91 Å². The number of rotatable bonds is 4. The molecular weight excluding hydrogens is 314 g/mol. The van der Waals surface area contributed by atoms with Gasteiger partial charge < -0.3 is 9.42 Å². The first-order valence-corrected chi connectivity index (χ1v) is 9.45. The van der Waals surface area contributed by atoms with Crippen molar-refractivity contribution in [3.8, 4) is 11.4 Å². The van der Waals surface area contributed by atoms with Crippen LogP contribution in [0.2, 0.25) is 0 Å². The second-order valence-corrected chi connectivity index (χ2v) is 7.31. The molecule has 1 saturated carbocycles. The van der Waals surface area contributed by atoms with E-state index in [2.05, 4.69) is 15.0 Å². The fourth-order valence-electron chi connectivity index (χ4n) is 4.26. The SMILES string of the molecule is O=C(CCc1nc(-c2ccccc2)no1)N1CC[C@H]2CCCC[C@H]2C1. The molecule has 1 aliphatic heterocycles. The molecule has 1 saturated heterocycles. The summed E-state index contributed by atoms with van der Waals surface area (Å²) >= 11 is 0. The fraction of sp³-hybridized carbons (Fsp3) is 0.550. The number of aromatic nitrogens is 2. The van der Waals surface area contributed by atoms with Crippen LogP contribution in [0, 0.1) is 11.8 Å². The van der Waals surface area contributed by atoms with Crippen LogP contribution in [0.5, 0.6) is 0 Å². The summed E-state index contributed by atoms with van der Waals surface area (Å²) in [5, 5.41) is 4.02. The average molecular weight is 339 g/mol. The lowest BCUT2D eigenvalue weighted by molar-refractivity contribution is -0.134. The highest BCUT2D eigenvalue weighted by molar-refractivity contribution is 5.76. The third kappa shape index (κ3) is 3.75. The smallest absolute Gasteiger partial charge is 0.227 e. The molecule has 1 aliphatic carbocycles. The van der Waals surface area contributed by atoms with Gasteiger partial charge in [0.1, 0.15) is 0 Å². The molecule has 2 fully saturated rings. The van der Waals surface area contributed by atoms with E-state index in [1.165, 1.54) is 32.1 Å². The van der Waals surface area contributed by atoms with Crippen LogP contribution in [-0.2, 0) is 11.2 Å². The highest BCUT2D eigenvalue weighted by atomic mass is 16.5. The molecule has 25 heavy (non-hydrogen) atoms. The molecule has 0 spiro atoms. The van der Waals surface area contributed by atoms with E-state index in [0.29, 0.717) is 24.6 Å². The minimum Gasteiger partial charge on any atom is -0.342 e. The zero-order valence-electron chi connectivity index (χ0n) is 14.6. The van der Waals surface area contributed by atoms with Crippen molar-refractivity contribution < 1.29 is 9.32 Å². The Morgan fingerprint density at radius 3 is 2.76 bits per heavy atom. The highest BCUT2D eigenvalue weighted by Crippen LogP contribution is 2.36. The molecule has 1 aromatic heterocycles. The molecule has 1 amide bonds. The normalized spacial score (nSPS) is 23.3. The summed E-state index contributed by atoms with van der Waals surface area (Å²) in [5.41, 5.74) is 0.934. The summed E-state index contributed by atoms with van der Waals surface area (Å²) in [5.74, 6) is 2.93. The van der Waals surface area contributed by atoms with Crippen molar-refractivity contribution in [3.05, 3.63) is 36.2 Å². The summed E-state index contributed by atoms with van der Waals surface area (Å²) < 4.78 is 5.31. The van der Waals surface area contributed by atoms with Crippen LogP contribution in [0.15, 0.2) is 34.9 Å². The summed E-state index contributed by atoms with van der Waals surface area (Å²) in [7, 11) is 0. The molecule has 1 aromatic carbocycles. The molecule has 2 atom stereocenters. The van der Waals surface area contributed by atoms with Gasteiger partial charge in [0.05, 0.1) is 0 Å². The van der Waals surface area contributed by atoms with Gasteiger partial charge >= 0.3 is 0 Å². The Kier molecular flexibility index (Phi) is 4.81. The molecule has 0 radical (unpaired) electrons. The Labute approximate surface area is 148 Å². The first-order valence-electron chi connectivity index (χ1n) is 9.45.